The summed E-state index contributed by atoms with van der Waals surface area (Å²) in [5.41, 5.74) is 7.29. The Kier molecular flexibility index (Phi) is 2.55. The fourth-order valence-corrected chi connectivity index (χ4v) is 2.31. The molecule has 0 amide bonds. The fraction of sp³-hybridized carbons (Fsp3) is 0.385. The normalized spacial score (nSPS) is 16.5. The fourth-order valence-electron chi connectivity index (χ4n) is 2.31. The number of nitrogens with zero attached hydrogens (tertiary/aromatic N) is 2. The first-order valence-corrected chi connectivity index (χ1v) is 6.00. The molecule has 0 saturated heterocycles. The topological polar surface area (TPSA) is 61.0 Å². The van der Waals surface area contributed by atoms with Gasteiger partial charge in [-0.05, 0) is 43.9 Å². The molecule has 0 atom stereocenters. The lowest BCUT2D eigenvalue weighted by Crippen LogP contribution is -2.12. The quantitative estimate of drug-likeness (QED) is 0.804. The molecule has 1 fully saturated rings. The second-order valence-corrected chi connectivity index (χ2v) is 4.48. The first kappa shape index (κ1) is 10.3. The number of nitrogens with two attached hydrogens (primary N) is 1. The number of hydrogen-bond acceptors (Lipinski definition) is 4. The summed E-state index contributed by atoms with van der Waals surface area (Å²) in [4.78, 5) is 8.43. The molecule has 1 aliphatic carbocycles. The maximum atomic E-state index is 5.94. The second kappa shape index (κ2) is 4.20. The molecule has 0 aliphatic heterocycles. The Morgan fingerprint density at radius 2 is 2.00 bits per heavy atom. The highest BCUT2D eigenvalue weighted by molar-refractivity contribution is 5.85. The minimum Gasteiger partial charge on any atom is -0.474 e. The van der Waals surface area contributed by atoms with Gasteiger partial charge in [-0.3, -0.25) is 0 Å². The summed E-state index contributed by atoms with van der Waals surface area (Å²) < 4.78 is 5.94. The molecule has 4 nitrogen and oxygen atoms in total. The Morgan fingerprint density at radius 3 is 2.82 bits per heavy atom. The molecule has 0 bridgehead atoms. The van der Waals surface area contributed by atoms with E-state index in [4.69, 9.17) is 10.5 Å². The maximum absolute atomic E-state index is 5.94. The monoisotopic (exact) mass is 229 g/mol. The van der Waals surface area contributed by atoms with Crippen molar-refractivity contribution in [2.24, 2.45) is 0 Å². The van der Waals surface area contributed by atoms with Gasteiger partial charge in [-0.15, -0.1) is 0 Å². The summed E-state index contributed by atoms with van der Waals surface area (Å²) >= 11 is 0. The number of fused-ring (bicyclic) bond motifs is 1. The average molecular weight is 229 g/mol. The van der Waals surface area contributed by atoms with Gasteiger partial charge in [-0.25, -0.2) is 9.97 Å². The standard InChI is InChI=1S/C13H15N3O/c14-9-5-6-11-12(7-9)15-8-16-13(11)17-10-3-1-2-4-10/h5-8,10H,1-4,14H2. The van der Waals surface area contributed by atoms with Gasteiger partial charge in [0.05, 0.1) is 10.9 Å². The van der Waals surface area contributed by atoms with Crippen LogP contribution in [0.15, 0.2) is 24.5 Å². The minimum atomic E-state index is 0.311. The van der Waals surface area contributed by atoms with Crippen molar-refractivity contribution in [3.63, 3.8) is 0 Å². The Labute approximate surface area is 99.8 Å². The van der Waals surface area contributed by atoms with Crippen LogP contribution in [0.25, 0.3) is 10.9 Å². The van der Waals surface area contributed by atoms with E-state index in [1.165, 1.54) is 19.2 Å². The van der Waals surface area contributed by atoms with Crippen LogP contribution in [-0.4, -0.2) is 16.1 Å². The van der Waals surface area contributed by atoms with E-state index in [1.807, 2.05) is 18.2 Å². The van der Waals surface area contributed by atoms with E-state index >= 15 is 0 Å². The van der Waals surface area contributed by atoms with Gasteiger partial charge in [0.2, 0.25) is 5.88 Å². The molecule has 0 radical (unpaired) electrons. The number of nitrogen functional groups attached to an aromatic ring is 1. The Morgan fingerprint density at radius 1 is 1.18 bits per heavy atom. The first-order valence-electron chi connectivity index (χ1n) is 6.00. The summed E-state index contributed by atoms with van der Waals surface area (Å²) in [5, 5.41) is 0.939. The molecule has 3 rings (SSSR count). The molecule has 2 aromatic rings. The van der Waals surface area contributed by atoms with E-state index in [-0.39, 0.29) is 0 Å². The van der Waals surface area contributed by atoms with Crippen LogP contribution in [-0.2, 0) is 0 Å². The van der Waals surface area contributed by atoms with E-state index in [0.29, 0.717) is 17.7 Å². The molecule has 88 valence electrons. The van der Waals surface area contributed by atoms with Crippen molar-refractivity contribution in [1.82, 2.24) is 9.97 Å². The smallest absolute Gasteiger partial charge is 0.224 e. The molecule has 1 saturated carbocycles. The highest BCUT2D eigenvalue weighted by Gasteiger charge is 2.18. The third kappa shape index (κ3) is 2.02. The van der Waals surface area contributed by atoms with Crippen molar-refractivity contribution in [2.75, 3.05) is 5.73 Å². The lowest BCUT2D eigenvalue weighted by atomic mass is 10.2. The summed E-state index contributed by atoms with van der Waals surface area (Å²) in [6.45, 7) is 0. The number of rotatable bonds is 2. The molecule has 1 aliphatic rings. The third-order valence-corrected chi connectivity index (χ3v) is 3.20. The average Bonchev–Trinajstić information content (AvgIpc) is 2.82. The first-order chi connectivity index (χ1) is 8.33. The van der Waals surface area contributed by atoms with Gasteiger partial charge < -0.3 is 10.5 Å². The van der Waals surface area contributed by atoms with Gasteiger partial charge in [-0.2, -0.15) is 0 Å². The minimum absolute atomic E-state index is 0.311. The zero-order chi connectivity index (χ0) is 11.7. The summed E-state index contributed by atoms with van der Waals surface area (Å²) in [6.07, 6.45) is 6.60. The Bertz CT molecular complexity index is 535. The molecule has 0 unspecified atom stereocenters. The highest BCUT2D eigenvalue weighted by Crippen LogP contribution is 2.28. The van der Waals surface area contributed by atoms with Crippen molar-refractivity contribution < 1.29 is 4.74 Å². The van der Waals surface area contributed by atoms with Crippen LogP contribution in [0.1, 0.15) is 25.7 Å². The van der Waals surface area contributed by atoms with E-state index in [1.54, 1.807) is 0 Å². The molecular formula is C13H15N3O. The lowest BCUT2D eigenvalue weighted by Gasteiger charge is -2.13. The van der Waals surface area contributed by atoms with E-state index < -0.39 is 0 Å². The molecule has 1 aromatic heterocycles. The highest BCUT2D eigenvalue weighted by atomic mass is 16.5. The van der Waals surface area contributed by atoms with E-state index in [2.05, 4.69) is 9.97 Å². The zero-order valence-electron chi connectivity index (χ0n) is 9.60. The molecule has 4 heteroatoms. The van der Waals surface area contributed by atoms with Crippen molar-refractivity contribution in [2.45, 2.75) is 31.8 Å². The van der Waals surface area contributed by atoms with Crippen LogP contribution in [0.4, 0.5) is 5.69 Å². The van der Waals surface area contributed by atoms with Gasteiger partial charge in [-0.1, -0.05) is 0 Å². The summed E-state index contributed by atoms with van der Waals surface area (Å²) in [6, 6.07) is 5.63. The SMILES string of the molecule is Nc1ccc2c(OC3CCCC3)ncnc2c1. The number of benzene rings is 1. The van der Waals surface area contributed by atoms with Crippen molar-refractivity contribution in [3.05, 3.63) is 24.5 Å². The van der Waals surface area contributed by atoms with Gasteiger partial charge in [0.15, 0.2) is 0 Å². The molecular weight excluding hydrogens is 214 g/mol. The van der Waals surface area contributed by atoms with E-state index in [0.717, 1.165) is 23.7 Å². The maximum Gasteiger partial charge on any atom is 0.224 e. The largest absolute Gasteiger partial charge is 0.474 e. The van der Waals surface area contributed by atoms with Crippen molar-refractivity contribution in [3.8, 4) is 5.88 Å². The predicted molar refractivity (Wildman–Crippen MR) is 66.8 cm³/mol. The lowest BCUT2D eigenvalue weighted by molar-refractivity contribution is 0.204. The molecule has 1 aromatic carbocycles. The van der Waals surface area contributed by atoms with Crippen molar-refractivity contribution >= 4 is 16.6 Å². The van der Waals surface area contributed by atoms with Crippen LogP contribution in [0.3, 0.4) is 0 Å². The van der Waals surface area contributed by atoms with Gasteiger partial charge >= 0.3 is 0 Å². The van der Waals surface area contributed by atoms with Gasteiger partial charge in [0, 0.05) is 5.69 Å². The van der Waals surface area contributed by atoms with Crippen LogP contribution in [0.5, 0.6) is 5.88 Å². The van der Waals surface area contributed by atoms with Gasteiger partial charge in [0.1, 0.15) is 12.4 Å². The van der Waals surface area contributed by atoms with Crippen LogP contribution in [0, 0.1) is 0 Å². The molecule has 2 N–H and O–H groups in total. The number of hydrogen-bond donors (Lipinski definition) is 1. The van der Waals surface area contributed by atoms with Crippen LogP contribution >= 0.6 is 0 Å². The van der Waals surface area contributed by atoms with Crippen molar-refractivity contribution in [1.29, 1.82) is 0 Å². The number of ether oxygens (including phenoxy) is 1. The third-order valence-electron chi connectivity index (χ3n) is 3.20. The molecule has 1 heterocycles. The zero-order valence-corrected chi connectivity index (χ0v) is 9.60. The number of anilines is 1. The summed E-state index contributed by atoms with van der Waals surface area (Å²) in [7, 11) is 0. The van der Waals surface area contributed by atoms with Crippen LogP contribution < -0.4 is 10.5 Å². The summed E-state index contributed by atoms with van der Waals surface area (Å²) in [5.74, 6) is 0.682. The van der Waals surface area contributed by atoms with Crippen LogP contribution in [0.2, 0.25) is 0 Å². The van der Waals surface area contributed by atoms with Gasteiger partial charge in [0.25, 0.3) is 0 Å². The second-order valence-electron chi connectivity index (χ2n) is 4.48. The molecule has 17 heavy (non-hydrogen) atoms. The van der Waals surface area contributed by atoms with E-state index in [9.17, 15) is 0 Å². The number of aromatic nitrogens is 2. The predicted octanol–water partition coefficient (Wildman–Crippen LogP) is 2.53. The molecule has 0 spiro atoms. The Balaban J connectivity index is 1.97. The Hall–Kier alpha value is -1.84.